The zero-order valence-corrected chi connectivity index (χ0v) is 26.3. The lowest BCUT2D eigenvalue weighted by Gasteiger charge is -2.36. The molecule has 0 saturated carbocycles. The Kier molecular flexibility index (Phi) is 10.8. The van der Waals surface area contributed by atoms with E-state index >= 15 is 0 Å². The molecule has 1 aliphatic heterocycles. The van der Waals surface area contributed by atoms with Crippen LogP contribution in [0.2, 0.25) is 0 Å². The Labute approximate surface area is 259 Å². The smallest absolute Gasteiger partial charge is 0.378 e. The summed E-state index contributed by atoms with van der Waals surface area (Å²) in [7, 11) is 1.92. The van der Waals surface area contributed by atoms with E-state index in [-0.39, 0.29) is 23.1 Å². The van der Waals surface area contributed by atoms with Gasteiger partial charge in [0, 0.05) is 12.7 Å². The number of esters is 1. The Hall–Kier alpha value is -3.05. The molecule has 0 aliphatic carbocycles. The molecule has 2 aromatic carbocycles. The van der Waals surface area contributed by atoms with Crippen LogP contribution in [-0.2, 0) is 16.0 Å². The highest BCUT2D eigenvalue weighted by atomic mass is 19.4. The minimum Gasteiger partial charge on any atom is -0.493 e. The van der Waals surface area contributed by atoms with Gasteiger partial charge in [-0.3, -0.25) is 4.79 Å². The van der Waals surface area contributed by atoms with Crippen molar-refractivity contribution >= 4 is 11.7 Å². The monoisotopic (exact) mass is 651 g/mol. The molecule has 0 spiro atoms. The van der Waals surface area contributed by atoms with Crippen molar-refractivity contribution in [3.63, 3.8) is 0 Å². The molecule has 0 N–H and O–H groups in total. The summed E-state index contributed by atoms with van der Waals surface area (Å²) in [6.07, 6.45) is -3.00. The van der Waals surface area contributed by atoms with Crippen LogP contribution in [0.15, 0.2) is 48.5 Å². The third-order valence-corrected chi connectivity index (χ3v) is 8.12. The summed E-state index contributed by atoms with van der Waals surface area (Å²) in [6, 6.07) is 14.0. The number of nitrogens with zero attached hydrogens (tertiary/aromatic N) is 1. The normalized spacial score (nSPS) is 17.0. The highest BCUT2D eigenvalue weighted by molar-refractivity contribution is 5.72. The van der Waals surface area contributed by atoms with Crippen molar-refractivity contribution in [1.82, 2.24) is 0 Å². The van der Waals surface area contributed by atoms with Crippen LogP contribution in [0, 0.1) is 17.3 Å². The van der Waals surface area contributed by atoms with E-state index < -0.39 is 61.6 Å². The minimum atomic E-state index is -6.45. The van der Waals surface area contributed by atoms with Crippen LogP contribution < -0.4 is 9.64 Å². The zero-order valence-electron chi connectivity index (χ0n) is 26.3. The minimum absolute atomic E-state index is 0.00739. The van der Waals surface area contributed by atoms with Gasteiger partial charge in [0.1, 0.15) is 5.75 Å². The lowest BCUT2D eigenvalue weighted by molar-refractivity contribution is -0.369. The second-order valence-corrected chi connectivity index (χ2v) is 13.2. The number of ether oxygens (including phenoxy) is 2. The number of para-hydroxylation sites is 1. The molecule has 0 aromatic heterocycles. The van der Waals surface area contributed by atoms with Crippen LogP contribution in [0.3, 0.4) is 0 Å². The number of anilines is 1. The van der Waals surface area contributed by atoms with Gasteiger partial charge in [-0.05, 0) is 53.5 Å². The van der Waals surface area contributed by atoms with Gasteiger partial charge in [-0.2, -0.15) is 35.1 Å². The molecule has 252 valence electrons. The molecule has 1 aliphatic rings. The fraction of sp³-hybridized carbons (Fsp3) is 0.606. The summed E-state index contributed by atoms with van der Waals surface area (Å²) >= 11 is 0. The van der Waals surface area contributed by atoms with Crippen molar-refractivity contribution in [2.75, 3.05) is 25.2 Å². The zero-order chi connectivity index (χ0) is 34.0. The van der Waals surface area contributed by atoms with E-state index in [1.54, 1.807) is 26.0 Å². The number of halogens is 8. The van der Waals surface area contributed by atoms with E-state index in [0.717, 1.165) is 23.2 Å². The Morgan fingerprint density at radius 3 is 1.89 bits per heavy atom. The molecular weight excluding hydrogens is 610 g/mol. The molecule has 0 fully saturated rings. The fourth-order valence-corrected chi connectivity index (χ4v) is 5.38. The predicted octanol–water partition coefficient (Wildman–Crippen LogP) is 9.37. The molecule has 2 aromatic rings. The molecule has 2 unspecified atom stereocenters. The quantitative estimate of drug-likeness (QED) is 0.151. The summed E-state index contributed by atoms with van der Waals surface area (Å²) in [5, 5.41) is 0. The number of hydrogen-bond acceptors (Lipinski definition) is 4. The van der Waals surface area contributed by atoms with Gasteiger partial charge in [-0.1, -0.05) is 65.0 Å². The number of carbonyl (C=O) groups excluding carboxylic acids is 1. The van der Waals surface area contributed by atoms with Crippen LogP contribution in [-0.4, -0.2) is 49.9 Å². The Bertz CT molecular complexity index is 1290. The van der Waals surface area contributed by atoms with Crippen LogP contribution in [0.5, 0.6) is 5.75 Å². The highest BCUT2D eigenvalue weighted by Gasteiger charge is 2.79. The number of fused-ring (bicyclic) bond motifs is 1. The molecule has 4 nitrogen and oxygen atoms in total. The summed E-state index contributed by atoms with van der Waals surface area (Å²) in [5.41, 5.74) is 2.73. The first-order valence-electron chi connectivity index (χ1n) is 14.8. The number of rotatable bonds is 14. The number of hydrogen-bond donors (Lipinski definition) is 0. The Morgan fingerprint density at radius 1 is 0.844 bits per heavy atom. The van der Waals surface area contributed by atoms with Gasteiger partial charge in [-0.25, -0.2) is 0 Å². The first-order chi connectivity index (χ1) is 20.6. The second-order valence-electron chi connectivity index (χ2n) is 13.2. The maximum atomic E-state index is 14.4. The lowest BCUT2D eigenvalue weighted by atomic mass is 9.80. The van der Waals surface area contributed by atoms with E-state index in [9.17, 15) is 39.9 Å². The van der Waals surface area contributed by atoms with Crippen LogP contribution in [0.4, 0.5) is 40.8 Å². The SMILES string of the molecule is CC(C)C(CC(C)(C)C)C(=O)OCCC(F)(F)C(F)(F)C(F)(F)C(F)(F)CCOc1ccc(C2Cc3ccccc3N2C)cc1. The number of carbonyl (C=O) groups is 1. The van der Waals surface area contributed by atoms with Gasteiger partial charge in [0.05, 0.1) is 38.0 Å². The standard InChI is InChI=1S/C33H41F8NO3/c1-21(2)25(20-29(3,4)5)28(43)45-18-16-31(36,37)33(40,41)32(38,39)30(34,35)15-17-44-24-13-11-22(12-14-24)27-19-23-9-7-8-10-26(23)42(27)6/h7-14,21,25,27H,15-20H2,1-6H3. The van der Waals surface area contributed by atoms with E-state index in [1.165, 1.54) is 12.1 Å². The van der Waals surface area contributed by atoms with Gasteiger partial charge in [0.25, 0.3) is 0 Å². The van der Waals surface area contributed by atoms with E-state index in [2.05, 4.69) is 4.90 Å². The summed E-state index contributed by atoms with van der Waals surface area (Å²) in [5.74, 6) is -26.0. The van der Waals surface area contributed by atoms with Crippen LogP contribution >= 0.6 is 0 Å². The third-order valence-electron chi connectivity index (χ3n) is 8.12. The van der Waals surface area contributed by atoms with E-state index in [0.29, 0.717) is 6.42 Å². The maximum Gasteiger partial charge on any atom is 0.378 e. The second kappa shape index (κ2) is 13.4. The van der Waals surface area contributed by atoms with Gasteiger partial charge in [0.15, 0.2) is 0 Å². The summed E-state index contributed by atoms with van der Waals surface area (Å²) in [4.78, 5) is 14.5. The van der Waals surface area contributed by atoms with Gasteiger partial charge in [-0.15, -0.1) is 0 Å². The van der Waals surface area contributed by atoms with Crippen molar-refractivity contribution in [3.8, 4) is 5.75 Å². The number of benzene rings is 2. The number of alkyl halides is 8. The molecule has 0 radical (unpaired) electrons. The predicted molar refractivity (Wildman–Crippen MR) is 156 cm³/mol. The Balaban J connectivity index is 1.57. The first kappa shape index (κ1) is 36.4. The third kappa shape index (κ3) is 8.03. The molecular formula is C33H41F8NO3. The molecule has 0 bridgehead atoms. The van der Waals surface area contributed by atoms with Gasteiger partial charge >= 0.3 is 29.7 Å². The molecule has 1 heterocycles. The maximum absolute atomic E-state index is 14.4. The van der Waals surface area contributed by atoms with E-state index in [4.69, 9.17) is 9.47 Å². The van der Waals surface area contributed by atoms with Gasteiger partial charge < -0.3 is 14.4 Å². The average molecular weight is 652 g/mol. The largest absolute Gasteiger partial charge is 0.493 e. The molecule has 45 heavy (non-hydrogen) atoms. The van der Waals surface area contributed by atoms with Crippen LogP contribution in [0.1, 0.15) is 71.0 Å². The number of likely N-dealkylation sites (N-methyl/N-ethyl adjacent to an activating group) is 1. The average Bonchev–Trinajstić information content (AvgIpc) is 3.27. The molecule has 2 atom stereocenters. The molecule has 0 amide bonds. The molecule has 12 heteroatoms. The molecule has 3 rings (SSSR count). The summed E-state index contributed by atoms with van der Waals surface area (Å²) < 4.78 is 125. The van der Waals surface area contributed by atoms with Crippen molar-refractivity contribution < 1.29 is 49.4 Å². The van der Waals surface area contributed by atoms with Crippen molar-refractivity contribution in [2.24, 2.45) is 17.3 Å². The highest BCUT2D eigenvalue weighted by Crippen LogP contribution is 2.54. The van der Waals surface area contributed by atoms with E-state index in [1.807, 2.05) is 52.1 Å². The topological polar surface area (TPSA) is 38.8 Å². The fourth-order valence-electron chi connectivity index (χ4n) is 5.38. The molecule has 0 saturated heterocycles. The first-order valence-corrected chi connectivity index (χ1v) is 14.8. The lowest BCUT2D eigenvalue weighted by Crippen LogP contribution is -2.62. The van der Waals surface area contributed by atoms with Crippen molar-refractivity contribution in [3.05, 3.63) is 59.7 Å². The van der Waals surface area contributed by atoms with Gasteiger partial charge in [0.2, 0.25) is 0 Å². The van der Waals surface area contributed by atoms with Crippen LogP contribution in [0.25, 0.3) is 0 Å². The van der Waals surface area contributed by atoms with Crippen molar-refractivity contribution in [1.29, 1.82) is 0 Å². The Morgan fingerprint density at radius 2 is 1.38 bits per heavy atom. The summed E-state index contributed by atoms with van der Waals surface area (Å²) in [6.45, 7) is 6.33. The van der Waals surface area contributed by atoms with Crippen molar-refractivity contribution in [2.45, 2.75) is 90.0 Å².